The lowest BCUT2D eigenvalue weighted by Crippen LogP contribution is -2.38. The maximum absolute atomic E-state index is 13.1. The van der Waals surface area contributed by atoms with Crippen LogP contribution in [0.5, 0.6) is 0 Å². The van der Waals surface area contributed by atoms with E-state index in [1.165, 1.54) is 28.1 Å². The normalized spacial score (nSPS) is 38.0. The minimum absolute atomic E-state index is 0.0542. The number of aliphatic hydroxyl groups is 2. The van der Waals surface area contributed by atoms with Crippen LogP contribution in [0.2, 0.25) is 0 Å². The molecule has 7 rings (SSSR count). The van der Waals surface area contributed by atoms with E-state index in [4.69, 9.17) is 39.2 Å². The Morgan fingerprint density at radius 1 is 0.756 bits per heavy atom. The van der Waals surface area contributed by atoms with Gasteiger partial charge >= 0.3 is 15.4 Å². The Kier molecular flexibility index (Phi) is 7.59. The number of nitrogens with two attached hydrogens (primary N) is 2. The predicted octanol–water partition coefficient (Wildman–Crippen LogP) is -1.59. The van der Waals surface area contributed by atoms with Crippen LogP contribution in [-0.4, -0.2) is 115 Å². The van der Waals surface area contributed by atoms with Crippen molar-refractivity contribution < 1.29 is 56.9 Å². The second-order valence-electron chi connectivity index (χ2n) is 10.3. The maximum atomic E-state index is 13.1. The topological polar surface area (TPSA) is 310 Å². The van der Waals surface area contributed by atoms with Gasteiger partial charge in [0.2, 0.25) is 0 Å². The first-order valence-electron chi connectivity index (χ1n) is 13.2. The Hall–Kier alpha value is -3.24. The van der Waals surface area contributed by atoms with Gasteiger partial charge in [0, 0.05) is 0 Å². The third-order valence-electron chi connectivity index (χ3n) is 7.47. The average molecular weight is 672 g/mol. The average Bonchev–Trinajstić information content (AvgIpc) is 3.75. The van der Waals surface area contributed by atoms with Gasteiger partial charge < -0.3 is 50.2 Å². The van der Waals surface area contributed by atoms with Crippen LogP contribution >= 0.6 is 15.4 Å². The van der Waals surface area contributed by atoms with Crippen LogP contribution in [-0.2, 0) is 36.9 Å². The number of rotatable bonds is 2. The Morgan fingerprint density at radius 3 is 1.98 bits per heavy atom. The second kappa shape index (κ2) is 11.2. The molecule has 4 aromatic rings. The lowest BCUT2D eigenvalue weighted by Gasteiger charge is -2.26. The number of imidazole rings is 2. The molecule has 3 saturated heterocycles. The van der Waals surface area contributed by atoms with Crippen molar-refractivity contribution in [2.45, 2.75) is 49.1 Å². The summed E-state index contributed by atoms with van der Waals surface area (Å²) in [5.74, 6) is 0.119. The van der Waals surface area contributed by atoms with Gasteiger partial charge in [-0.15, -0.1) is 0 Å². The molecular formula is C21H26N10O12P2. The van der Waals surface area contributed by atoms with Crippen LogP contribution in [0.4, 0.5) is 11.6 Å². The van der Waals surface area contributed by atoms with E-state index in [1.807, 2.05) is 0 Å². The van der Waals surface area contributed by atoms with Crippen LogP contribution in [0, 0.1) is 0 Å². The van der Waals surface area contributed by atoms with Crippen LogP contribution in [0.25, 0.3) is 22.3 Å². The Labute approximate surface area is 251 Å². The van der Waals surface area contributed by atoms with E-state index >= 15 is 0 Å². The van der Waals surface area contributed by atoms with Gasteiger partial charge in [0.1, 0.15) is 66.7 Å². The third kappa shape index (κ3) is 5.47. The van der Waals surface area contributed by atoms with Gasteiger partial charge in [0.15, 0.2) is 35.4 Å². The maximum Gasteiger partial charge on any atom is 0.472 e. The summed E-state index contributed by atoms with van der Waals surface area (Å²) in [7, 11) is -9.64. The molecule has 3 fully saturated rings. The van der Waals surface area contributed by atoms with Crippen molar-refractivity contribution in [1.82, 2.24) is 39.0 Å². The Bertz CT molecular complexity index is 1840. The van der Waals surface area contributed by atoms with Gasteiger partial charge in [0.25, 0.3) is 0 Å². The van der Waals surface area contributed by atoms with E-state index < -0.39 is 84.1 Å². The summed E-state index contributed by atoms with van der Waals surface area (Å²) in [6.45, 7) is -1.42. The number of phosphoric acid groups is 1. The molecule has 4 unspecified atom stereocenters. The molecule has 0 aliphatic carbocycles. The van der Waals surface area contributed by atoms with Gasteiger partial charge in [-0.2, -0.15) is 0 Å². The fraction of sp³-hybridized carbons (Fsp3) is 0.524. The molecule has 0 radical (unpaired) electrons. The van der Waals surface area contributed by atoms with Crippen molar-refractivity contribution in [3.63, 3.8) is 0 Å². The number of nitrogens with zero attached hydrogens (tertiary/aromatic N) is 8. The van der Waals surface area contributed by atoms with Crippen LogP contribution < -0.4 is 11.5 Å². The number of hydrogen-bond acceptors (Lipinski definition) is 18. The molecule has 3 aliphatic rings. The molecule has 0 saturated carbocycles. The molecule has 8 N–H and O–H groups in total. The molecule has 242 valence electrons. The molecule has 3 aliphatic heterocycles. The quantitative estimate of drug-likeness (QED) is 0.131. The number of phosphoric ester groups is 1. The summed E-state index contributed by atoms with van der Waals surface area (Å²) in [5, 5.41) is 22.2. The molecule has 45 heavy (non-hydrogen) atoms. The number of fused-ring (bicyclic) bond motifs is 5. The Morgan fingerprint density at radius 2 is 1.33 bits per heavy atom. The molecule has 0 spiro atoms. The van der Waals surface area contributed by atoms with Crippen molar-refractivity contribution in [2.75, 3.05) is 31.0 Å². The van der Waals surface area contributed by atoms with Crippen molar-refractivity contribution >= 4 is 49.4 Å². The second-order valence-corrected chi connectivity index (χ2v) is 13.5. The fourth-order valence-corrected chi connectivity index (χ4v) is 7.12. The Balaban J connectivity index is 1.17. The minimum Gasteiger partial charge on any atom is -0.387 e. The highest BCUT2D eigenvalue weighted by Gasteiger charge is 2.52. The van der Waals surface area contributed by atoms with Gasteiger partial charge in [-0.3, -0.25) is 22.7 Å². The number of anilines is 2. The molecular weight excluding hydrogens is 646 g/mol. The molecule has 24 heteroatoms. The minimum atomic E-state index is -5.03. The number of ether oxygens (including phenoxy) is 3. The monoisotopic (exact) mass is 672 g/mol. The first-order valence-corrected chi connectivity index (χ1v) is 16.4. The summed E-state index contributed by atoms with van der Waals surface area (Å²) < 4.78 is 62.0. The third-order valence-corrected chi connectivity index (χ3v) is 9.49. The number of hydrogen-bond donors (Lipinski definition) is 6. The van der Waals surface area contributed by atoms with Crippen molar-refractivity contribution in [3.05, 3.63) is 25.3 Å². The van der Waals surface area contributed by atoms with Gasteiger partial charge in [0.05, 0.1) is 25.9 Å². The molecule has 0 aromatic carbocycles. The van der Waals surface area contributed by atoms with E-state index in [2.05, 4.69) is 29.9 Å². The van der Waals surface area contributed by atoms with Crippen molar-refractivity contribution in [2.24, 2.45) is 0 Å². The first kappa shape index (κ1) is 30.4. The van der Waals surface area contributed by atoms with E-state index in [0.29, 0.717) is 0 Å². The largest absolute Gasteiger partial charge is 0.472 e. The summed E-state index contributed by atoms with van der Waals surface area (Å²) in [4.78, 5) is 45.5. The van der Waals surface area contributed by atoms with Crippen molar-refractivity contribution in [3.8, 4) is 0 Å². The molecule has 0 amide bonds. The fourth-order valence-electron chi connectivity index (χ4n) is 5.35. The van der Waals surface area contributed by atoms with E-state index in [1.54, 1.807) is 0 Å². The molecule has 22 nitrogen and oxygen atoms in total. The standard InChI is InChI=1S/C21H26N10O12P2/c22-16-10-18(26-3-24-16)30(5-28-10)20-13(33)14-9(42-20)2-39-44(34,35)7-38-15-12(32)8(1-40-45(36,37)43-14)41-21(15)31-6-29-11-17(23)25-4-27-19(11)31/h3-6,8-9,12-15,20-21,32-33H,1-2,7H2,(H,34,35)(H,36,37)(H2,22,24,26)(H2,23,25,27)/t8-,9-,12+,13?,14+,15?,20-,21-/m1/s1. The zero-order valence-corrected chi connectivity index (χ0v) is 24.5. The zero-order valence-electron chi connectivity index (χ0n) is 22.7. The number of nitrogen functional groups attached to an aromatic ring is 2. The van der Waals surface area contributed by atoms with Gasteiger partial charge in [-0.25, -0.2) is 34.5 Å². The molecule has 4 aromatic heterocycles. The highest BCUT2D eigenvalue weighted by Crippen LogP contribution is 2.51. The lowest BCUT2D eigenvalue weighted by atomic mass is 10.1. The molecule has 10 atom stereocenters. The van der Waals surface area contributed by atoms with E-state index in [0.717, 1.165) is 6.33 Å². The summed E-state index contributed by atoms with van der Waals surface area (Å²) >= 11 is 0. The van der Waals surface area contributed by atoms with Crippen LogP contribution in [0.3, 0.4) is 0 Å². The zero-order chi connectivity index (χ0) is 31.7. The van der Waals surface area contributed by atoms with Gasteiger partial charge in [-0.05, 0) is 0 Å². The highest BCUT2D eigenvalue weighted by molar-refractivity contribution is 7.52. The predicted molar refractivity (Wildman–Crippen MR) is 145 cm³/mol. The summed E-state index contributed by atoms with van der Waals surface area (Å²) in [5.41, 5.74) is 12.5. The lowest BCUT2D eigenvalue weighted by molar-refractivity contribution is -0.0649. The van der Waals surface area contributed by atoms with Crippen molar-refractivity contribution in [1.29, 1.82) is 0 Å². The summed E-state index contributed by atoms with van der Waals surface area (Å²) in [6, 6.07) is 0. The summed E-state index contributed by atoms with van der Waals surface area (Å²) in [6.07, 6.45) is -7.50. The first-order chi connectivity index (χ1) is 21.4. The SMILES string of the molecule is Nc1ncnc2c1ncn2[C@@H]1O[C@@H]2COP(=O)(O)O[C@@H]3C(O)[C@H](n4cnc5c(N)ncnc54)O[C@@H]3COP(=O)(O)COC1[C@H]2O. The van der Waals surface area contributed by atoms with Crippen LogP contribution in [0.15, 0.2) is 25.3 Å². The number of aromatic nitrogens is 8. The highest BCUT2D eigenvalue weighted by atomic mass is 31.2. The van der Waals surface area contributed by atoms with E-state index in [9.17, 15) is 29.1 Å². The van der Waals surface area contributed by atoms with Gasteiger partial charge in [-0.1, -0.05) is 0 Å². The number of aliphatic hydroxyl groups excluding tert-OH is 2. The van der Waals surface area contributed by atoms with E-state index in [-0.39, 0.29) is 34.0 Å². The van der Waals surface area contributed by atoms with Crippen LogP contribution in [0.1, 0.15) is 12.5 Å². The smallest absolute Gasteiger partial charge is 0.387 e. The molecule has 7 heterocycles. The molecule has 2 bridgehead atoms.